The molecule has 0 aliphatic heterocycles. The van der Waals surface area contributed by atoms with E-state index in [4.69, 9.17) is 0 Å². The molecule has 0 bridgehead atoms. The zero-order valence-corrected chi connectivity index (χ0v) is 25.5. The fourth-order valence-corrected chi connectivity index (χ4v) is 7.43. The Bertz CT molecular complexity index is 1340. The van der Waals surface area contributed by atoms with Gasteiger partial charge in [0.2, 0.25) is 0 Å². The van der Waals surface area contributed by atoms with Crippen molar-refractivity contribution in [2.24, 2.45) is 17.8 Å². The Labute approximate surface area is 251 Å². The van der Waals surface area contributed by atoms with Crippen molar-refractivity contribution in [2.75, 3.05) is 0 Å². The quantitative estimate of drug-likeness (QED) is 0.200. The van der Waals surface area contributed by atoms with Crippen LogP contribution in [0.3, 0.4) is 0 Å². The third-order valence-electron chi connectivity index (χ3n) is 10.0. The predicted molar refractivity (Wildman–Crippen MR) is 171 cm³/mol. The molecule has 1 atom stereocenters. The van der Waals surface area contributed by atoms with Gasteiger partial charge in [0.15, 0.2) is 11.6 Å². The molecule has 3 aromatic rings. The van der Waals surface area contributed by atoms with Crippen LogP contribution in [-0.2, 0) is 6.42 Å². The van der Waals surface area contributed by atoms with E-state index < -0.39 is 11.6 Å². The maximum absolute atomic E-state index is 15.4. The van der Waals surface area contributed by atoms with Crippen molar-refractivity contribution in [3.05, 3.63) is 89.3 Å². The van der Waals surface area contributed by atoms with Gasteiger partial charge in [-0.25, -0.2) is 13.2 Å². The number of halogens is 3. The molecule has 3 heteroatoms. The molecule has 224 valence electrons. The summed E-state index contributed by atoms with van der Waals surface area (Å²) in [5.74, 6) is 0.771. The number of benzene rings is 3. The van der Waals surface area contributed by atoms with E-state index in [0.29, 0.717) is 23.1 Å². The molecule has 42 heavy (non-hydrogen) atoms. The number of aryl methyl sites for hydroxylation is 1. The van der Waals surface area contributed by atoms with Gasteiger partial charge in [-0.1, -0.05) is 113 Å². The fraction of sp³-hybridized carbons (Fsp3) is 0.487. The van der Waals surface area contributed by atoms with Gasteiger partial charge < -0.3 is 0 Å². The minimum absolute atomic E-state index is 0.240. The van der Waals surface area contributed by atoms with Gasteiger partial charge in [0.1, 0.15) is 5.82 Å². The normalized spacial score (nSPS) is 20.9. The first-order valence-corrected chi connectivity index (χ1v) is 16.5. The summed E-state index contributed by atoms with van der Waals surface area (Å²) in [5, 5.41) is 0. The van der Waals surface area contributed by atoms with Crippen molar-refractivity contribution < 1.29 is 13.2 Å². The molecule has 0 nitrogen and oxygen atoms in total. The van der Waals surface area contributed by atoms with Gasteiger partial charge >= 0.3 is 0 Å². The van der Waals surface area contributed by atoms with Gasteiger partial charge in [-0.2, -0.15) is 0 Å². The van der Waals surface area contributed by atoms with Crippen LogP contribution in [0.15, 0.2) is 60.7 Å². The summed E-state index contributed by atoms with van der Waals surface area (Å²) in [7, 11) is 0. The lowest BCUT2D eigenvalue weighted by Crippen LogP contribution is -2.23. The molecule has 0 heterocycles. The first-order valence-electron chi connectivity index (χ1n) is 16.5. The van der Waals surface area contributed by atoms with Gasteiger partial charge in [-0.3, -0.25) is 0 Å². The van der Waals surface area contributed by atoms with Gasteiger partial charge in [0.05, 0.1) is 0 Å². The van der Waals surface area contributed by atoms with Crippen molar-refractivity contribution in [1.82, 2.24) is 0 Å². The number of hydrogen-bond donors (Lipinski definition) is 0. The SMILES string of the molecule is CCCCCCc1ccc(-c2ccc(-c3ccc(C4=CCC(C5CCC(CCC)CC5)CC4)cc3F)cc2)c(F)c1F. The molecule has 2 aliphatic rings. The van der Waals surface area contributed by atoms with E-state index in [-0.39, 0.29) is 11.4 Å². The van der Waals surface area contributed by atoms with E-state index in [0.717, 1.165) is 67.4 Å². The highest BCUT2D eigenvalue weighted by atomic mass is 19.2. The summed E-state index contributed by atoms with van der Waals surface area (Å²) in [6.07, 6.45) is 18.6. The second-order valence-electron chi connectivity index (χ2n) is 12.8. The summed E-state index contributed by atoms with van der Waals surface area (Å²) in [6.45, 7) is 4.43. The summed E-state index contributed by atoms with van der Waals surface area (Å²) in [5.41, 5.74) is 4.76. The Morgan fingerprint density at radius 3 is 1.98 bits per heavy atom. The third kappa shape index (κ3) is 7.21. The van der Waals surface area contributed by atoms with Crippen molar-refractivity contribution in [2.45, 2.75) is 104 Å². The zero-order chi connectivity index (χ0) is 29.5. The molecule has 1 fully saturated rings. The van der Waals surface area contributed by atoms with E-state index in [1.54, 1.807) is 42.5 Å². The van der Waals surface area contributed by atoms with Crippen LogP contribution in [0.1, 0.15) is 108 Å². The van der Waals surface area contributed by atoms with Crippen molar-refractivity contribution >= 4 is 5.57 Å². The number of rotatable bonds is 11. The molecule has 3 aromatic carbocycles. The molecule has 0 radical (unpaired) electrons. The molecule has 0 aromatic heterocycles. The molecule has 0 saturated heterocycles. The number of allylic oxidation sites excluding steroid dienone is 2. The highest BCUT2D eigenvalue weighted by Crippen LogP contribution is 2.42. The molecule has 1 saturated carbocycles. The van der Waals surface area contributed by atoms with Crippen molar-refractivity contribution in [1.29, 1.82) is 0 Å². The topological polar surface area (TPSA) is 0 Å². The molecule has 5 rings (SSSR count). The predicted octanol–water partition coefficient (Wildman–Crippen LogP) is 12.4. The van der Waals surface area contributed by atoms with E-state index in [9.17, 15) is 8.78 Å². The highest BCUT2D eigenvalue weighted by Gasteiger charge is 2.28. The average Bonchev–Trinajstić information content (AvgIpc) is 3.02. The summed E-state index contributed by atoms with van der Waals surface area (Å²) < 4.78 is 45.1. The fourth-order valence-electron chi connectivity index (χ4n) is 7.43. The molecular formula is C39H47F3. The van der Waals surface area contributed by atoms with Crippen LogP contribution in [0.4, 0.5) is 13.2 Å². The second-order valence-corrected chi connectivity index (χ2v) is 12.8. The van der Waals surface area contributed by atoms with E-state index >= 15 is 4.39 Å². The van der Waals surface area contributed by atoms with Crippen LogP contribution in [0.2, 0.25) is 0 Å². The Morgan fingerprint density at radius 1 is 0.643 bits per heavy atom. The minimum Gasteiger partial charge on any atom is -0.206 e. The molecule has 2 aliphatic carbocycles. The Kier molecular flexibility index (Phi) is 10.6. The molecule has 0 spiro atoms. The van der Waals surface area contributed by atoms with Crippen molar-refractivity contribution in [3.8, 4) is 22.3 Å². The number of hydrogen-bond acceptors (Lipinski definition) is 0. The maximum Gasteiger partial charge on any atom is 0.166 e. The van der Waals surface area contributed by atoms with Crippen LogP contribution in [0, 0.1) is 35.2 Å². The molecule has 0 N–H and O–H groups in total. The van der Waals surface area contributed by atoms with Crippen LogP contribution in [-0.4, -0.2) is 0 Å². The lowest BCUT2D eigenvalue weighted by Gasteiger charge is -2.35. The maximum atomic E-state index is 15.4. The van der Waals surface area contributed by atoms with E-state index in [1.807, 2.05) is 12.1 Å². The van der Waals surface area contributed by atoms with Gasteiger partial charge in [0, 0.05) is 11.1 Å². The van der Waals surface area contributed by atoms with E-state index in [2.05, 4.69) is 19.9 Å². The van der Waals surface area contributed by atoms with Gasteiger partial charge in [0.25, 0.3) is 0 Å². The standard InChI is InChI=1S/C39H47F3/c1-3-5-6-7-9-33-22-25-36(39(42)38(33)41)32-20-18-31(19-21-32)35-24-23-34(26-37(35)40)30-16-14-29(15-17-30)28-12-10-27(8-4-2)11-13-28/h16,18-29H,3-15,17H2,1-2H3. The Hall–Kier alpha value is -2.81. The van der Waals surface area contributed by atoms with E-state index in [1.165, 1.54) is 50.5 Å². The van der Waals surface area contributed by atoms with Crippen LogP contribution in [0.5, 0.6) is 0 Å². The minimum atomic E-state index is -0.807. The summed E-state index contributed by atoms with van der Waals surface area (Å²) >= 11 is 0. The lowest BCUT2D eigenvalue weighted by molar-refractivity contribution is 0.189. The summed E-state index contributed by atoms with van der Waals surface area (Å²) in [4.78, 5) is 0. The highest BCUT2D eigenvalue weighted by molar-refractivity contribution is 5.74. The van der Waals surface area contributed by atoms with Crippen molar-refractivity contribution in [3.63, 3.8) is 0 Å². The van der Waals surface area contributed by atoms with Crippen LogP contribution < -0.4 is 0 Å². The Balaban J connectivity index is 1.22. The van der Waals surface area contributed by atoms with Gasteiger partial charge in [-0.05, 0) is 96.6 Å². The molecular weight excluding hydrogens is 525 g/mol. The monoisotopic (exact) mass is 572 g/mol. The smallest absolute Gasteiger partial charge is 0.166 e. The largest absolute Gasteiger partial charge is 0.206 e. The van der Waals surface area contributed by atoms with Crippen LogP contribution in [0.25, 0.3) is 27.8 Å². The number of unbranched alkanes of at least 4 members (excludes halogenated alkanes) is 3. The van der Waals surface area contributed by atoms with Crippen LogP contribution >= 0.6 is 0 Å². The zero-order valence-electron chi connectivity index (χ0n) is 25.5. The first kappa shape index (κ1) is 30.6. The average molecular weight is 573 g/mol. The Morgan fingerprint density at radius 2 is 1.33 bits per heavy atom. The second kappa shape index (κ2) is 14.6. The molecule has 1 unspecified atom stereocenters. The summed E-state index contributed by atoms with van der Waals surface area (Å²) in [6, 6.07) is 16.0. The third-order valence-corrected chi connectivity index (χ3v) is 10.0. The first-order chi connectivity index (χ1) is 20.5. The molecule has 0 amide bonds. The van der Waals surface area contributed by atoms with Gasteiger partial charge in [-0.15, -0.1) is 0 Å². The lowest BCUT2D eigenvalue weighted by atomic mass is 9.70.